The number of hydrogen-bond acceptors (Lipinski definition) is 5. The second-order valence-electron chi connectivity index (χ2n) is 5.44. The average Bonchev–Trinajstić information content (AvgIpc) is 2.92. The molecule has 0 saturated carbocycles. The van der Waals surface area contributed by atoms with Crippen molar-refractivity contribution < 1.29 is 8.42 Å². The topological polar surface area (TPSA) is 95.3 Å². The summed E-state index contributed by atoms with van der Waals surface area (Å²) in [5.74, 6) is 0. The quantitative estimate of drug-likeness (QED) is 0.779. The Hall–Kier alpha value is -0.960. The van der Waals surface area contributed by atoms with E-state index in [2.05, 4.69) is 22.0 Å². The van der Waals surface area contributed by atoms with E-state index in [-0.39, 0.29) is 4.90 Å². The van der Waals surface area contributed by atoms with E-state index in [1.165, 1.54) is 6.20 Å². The van der Waals surface area contributed by atoms with Gasteiger partial charge >= 0.3 is 0 Å². The van der Waals surface area contributed by atoms with Crippen LogP contribution in [0.2, 0.25) is 0 Å². The summed E-state index contributed by atoms with van der Waals surface area (Å²) in [6, 6.07) is 0.454. The third-order valence-corrected chi connectivity index (χ3v) is 6.17. The molecule has 0 spiro atoms. The van der Waals surface area contributed by atoms with Crippen molar-refractivity contribution in [2.24, 2.45) is 5.73 Å². The third-order valence-electron chi connectivity index (χ3n) is 4.16. The third kappa shape index (κ3) is 3.45. The monoisotopic (exact) mass is 315 g/mol. The first-order chi connectivity index (χ1) is 10.0. The maximum Gasteiger partial charge on any atom is 0.246 e. The zero-order chi connectivity index (χ0) is 15.5. The highest BCUT2D eigenvalue weighted by Gasteiger charge is 2.31. The Bertz CT molecular complexity index is 549. The van der Waals surface area contributed by atoms with Gasteiger partial charge in [-0.25, -0.2) is 8.42 Å². The fourth-order valence-corrected chi connectivity index (χ4v) is 4.43. The van der Waals surface area contributed by atoms with Crippen LogP contribution < -0.4 is 5.73 Å². The van der Waals surface area contributed by atoms with Gasteiger partial charge in [-0.05, 0) is 26.3 Å². The molecule has 8 heteroatoms. The van der Waals surface area contributed by atoms with Crippen LogP contribution in [-0.2, 0) is 10.0 Å². The van der Waals surface area contributed by atoms with Gasteiger partial charge in [0.1, 0.15) is 4.90 Å². The van der Waals surface area contributed by atoms with Crippen LogP contribution in [0.4, 0.5) is 0 Å². The first kappa shape index (κ1) is 16.4. The smallest absolute Gasteiger partial charge is 0.246 e. The van der Waals surface area contributed by atoms with Crippen molar-refractivity contribution in [2.75, 3.05) is 32.7 Å². The molecule has 0 aromatic carbocycles. The molecule has 1 aliphatic rings. The largest absolute Gasteiger partial charge is 0.330 e. The van der Waals surface area contributed by atoms with Crippen molar-refractivity contribution in [2.45, 2.75) is 37.6 Å². The van der Waals surface area contributed by atoms with Crippen molar-refractivity contribution in [3.8, 4) is 0 Å². The molecule has 7 nitrogen and oxygen atoms in total. The van der Waals surface area contributed by atoms with Crippen LogP contribution in [-0.4, -0.2) is 66.6 Å². The van der Waals surface area contributed by atoms with Gasteiger partial charge in [-0.3, -0.25) is 10.00 Å². The number of aromatic amines is 1. The van der Waals surface area contributed by atoms with Crippen LogP contribution in [0.3, 0.4) is 0 Å². The van der Waals surface area contributed by atoms with Crippen molar-refractivity contribution in [3.05, 3.63) is 11.9 Å². The average molecular weight is 315 g/mol. The van der Waals surface area contributed by atoms with E-state index >= 15 is 0 Å². The van der Waals surface area contributed by atoms with Crippen LogP contribution in [0, 0.1) is 6.92 Å². The van der Waals surface area contributed by atoms with E-state index in [1.807, 2.05) is 0 Å². The molecule has 1 atom stereocenters. The number of nitrogens with two attached hydrogens (primary N) is 1. The normalized spacial score (nSPS) is 19.8. The molecule has 120 valence electrons. The fraction of sp³-hybridized carbons (Fsp3) is 0.769. The highest BCUT2D eigenvalue weighted by Crippen LogP contribution is 2.20. The summed E-state index contributed by atoms with van der Waals surface area (Å²) in [7, 11) is -3.43. The molecule has 1 saturated heterocycles. The van der Waals surface area contributed by atoms with Crippen LogP contribution in [0.5, 0.6) is 0 Å². The van der Waals surface area contributed by atoms with Gasteiger partial charge in [0, 0.05) is 32.2 Å². The predicted octanol–water partition coefficient (Wildman–Crippen LogP) is 0.152. The second kappa shape index (κ2) is 6.87. The fourth-order valence-electron chi connectivity index (χ4n) is 2.89. The number of hydrogen-bond donors (Lipinski definition) is 2. The van der Waals surface area contributed by atoms with E-state index in [0.717, 1.165) is 25.9 Å². The second-order valence-corrected chi connectivity index (χ2v) is 7.35. The van der Waals surface area contributed by atoms with Gasteiger partial charge in [0.2, 0.25) is 10.0 Å². The van der Waals surface area contributed by atoms with Gasteiger partial charge in [-0.15, -0.1) is 0 Å². The molecule has 21 heavy (non-hydrogen) atoms. The van der Waals surface area contributed by atoms with Crippen molar-refractivity contribution in [1.82, 2.24) is 19.4 Å². The molecule has 3 N–H and O–H groups in total. The van der Waals surface area contributed by atoms with E-state index in [0.29, 0.717) is 31.4 Å². The molecule has 1 fully saturated rings. The van der Waals surface area contributed by atoms with Gasteiger partial charge < -0.3 is 5.73 Å². The number of piperazine rings is 1. The van der Waals surface area contributed by atoms with Crippen LogP contribution in [0.25, 0.3) is 0 Å². The molecule has 1 aromatic heterocycles. The Morgan fingerprint density at radius 2 is 2.05 bits per heavy atom. The van der Waals surface area contributed by atoms with E-state index in [9.17, 15) is 8.42 Å². The maximum atomic E-state index is 12.6. The lowest BCUT2D eigenvalue weighted by atomic mass is 10.1. The Morgan fingerprint density at radius 1 is 1.38 bits per heavy atom. The predicted molar refractivity (Wildman–Crippen MR) is 81.4 cm³/mol. The number of nitrogens with one attached hydrogen (secondary N) is 1. The summed E-state index contributed by atoms with van der Waals surface area (Å²) in [4.78, 5) is 2.63. The molecule has 0 bridgehead atoms. The molecule has 2 rings (SSSR count). The van der Waals surface area contributed by atoms with Crippen molar-refractivity contribution in [1.29, 1.82) is 0 Å². The highest BCUT2D eigenvalue weighted by atomic mass is 32.2. The van der Waals surface area contributed by atoms with Gasteiger partial charge in [0.05, 0.1) is 11.9 Å². The van der Waals surface area contributed by atoms with Gasteiger partial charge in [-0.2, -0.15) is 9.40 Å². The number of aromatic nitrogens is 2. The van der Waals surface area contributed by atoms with E-state index < -0.39 is 10.0 Å². The number of rotatable bonds is 6. The Morgan fingerprint density at radius 3 is 2.52 bits per heavy atom. The minimum atomic E-state index is -3.43. The highest BCUT2D eigenvalue weighted by molar-refractivity contribution is 7.89. The molecular formula is C13H25N5O2S. The first-order valence-corrected chi connectivity index (χ1v) is 8.89. The van der Waals surface area contributed by atoms with Gasteiger partial charge in [-0.1, -0.05) is 6.92 Å². The molecule has 1 aromatic rings. The molecule has 2 heterocycles. The first-order valence-electron chi connectivity index (χ1n) is 7.45. The van der Waals surface area contributed by atoms with Crippen LogP contribution in [0.15, 0.2) is 11.1 Å². The summed E-state index contributed by atoms with van der Waals surface area (Å²) in [6.07, 6.45) is 3.40. The summed E-state index contributed by atoms with van der Waals surface area (Å²) in [5.41, 5.74) is 6.24. The lowest BCUT2D eigenvalue weighted by Gasteiger charge is -2.38. The SMILES string of the molecule is CCC(CCN)N1CCN(S(=O)(=O)c2cn[nH]c2C)CC1. The zero-order valence-corrected chi connectivity index (χ0v) is 13.6. The standard InChI is InChI=1S/C13H25N5O2S/c1-3-12(4-5-14)17-6-8-18(9-7-17)21(19,20)13-10-15-16-11(13)2/h10,12H,3-9,14H2,1-2H3,(H,15,16). The minimum absolute atomic E-state index is 0.282. The maximum absolute atomic E-state index is 12.6. The molecule has 1 aliphatic heterocycles. The van der Waals surface area contributed by atoms with Crippen molar-refractivity contribution in [3.63, 3.8) is 0 Å². The van der Waals surface area contributed by atoms with Crippen LogP contribution >= 0.6 is 0 Å². The van der Waals surface area contributed by atoms with E-state index in [4.69, 9.17) is 5.73 Å². The Kier molecular flexibility index (Phi) is 5.37. The van der Waals surface area contributed by atoms with E-state index in [1.54, 1.807) is 11.2 Å². The zero-order valence-electron chi connectivity index (χ0n) is 12.7. The summed E-state index contributed by atoms with van der Waals surface area (Å²) < 4.78 is 26.7. The van der Waals surface area contributed by atoms with Crippen LogP contribution in [0.1, 0.15) is 25.5 Å². The number of sulfonamides is 1. The molecule has 0 radical (unpaired) electrons. The number of nitrogens with zero attached hydrogens (tertiary/aromatic N) is 3. The summed E-state index contributed by atoms with van der Waals surface area (Å²) in [5, 5.41) is 6.50. The van der Waals surface area contributed by atoms with Crippen molar-refractivity contribution >= 4 is 10.0 Å². The minimum Gasteiger partial charge on any atom is -0.330 e. The number of H-pyrrole nitrogens is 1. The lowest BCUT2D eigenvalue weighted by molar-refractivity contribution is 0.129. The molecule has 0 amide bonds. The number of aryl methyl sites for hydroxylation is 1. The molecule has 1 unspecified atom stereocenters. The molecule has 0 aliphatic carbocycles. The summed E-state index contributed by atoms with van der Waals surface area (Å²) in [6.45, 7) is 7.11. The Labute approximate surface area is 126 Å². The van der Waals surface area contributed by atoms with Gasteiger partial charge in [0.25, 0.3) is 0 Å². The lowest BCUT2D eigenvalue weighted by Crippen LogP contribution is -2.52. The molecular weight excluding hydrogens is 290 g/mol. The Balaban J connectivity index is 2.02. The summed E-state index contributed by atoms with van der Waals surface area (Å²) >= 11 is 0. The van der Waals surface area contributed by atoms with Gasteiger partial charge in [0.15, 0.2) is 0 Å².